The van der Waals surface area contributed by atoms with Gasteiger partial charge < -0.3 is 24.4 Å². The molecule has 2 rings (SSSR count). The molecule has 0 radical (unpaired) electrons. The Balaban J connectivity index is 2.08. The van der Waals surface area contributed by atoms with Gasteiger partial charge in [0.05, 0.1) is 27.9 Å². The number of anilines is 1. The second-order valence-corrected chi connectivity index (χ2v) is 6.60. The highest BCUT2D eigenvalue weighted by molar-refractivity contribution is 5.81. The van der Waals surface area contributed by atoms with Gasteiger partial charge in [-0.15, -0.1) is 0 Å². The number of benzene rings is 2. The Kier molecular flexibility index (Phi) is 7.55. The molecule has 0 spiro atoms. The van der Waals surface area contributed by atoms with Crippen LogP contribution in [0.15, 0.2) is 30.3 Å². The van der Waals surface area contributed by atoms with Gasteiger partial charge in [0, 0.05) is 30.4 Å². The van der Waals surface area contributed by atoms with Gasteiger partial charge in [-0.3, -0.25) is 4.79 Å². The lowest BCUT2D eigenvalue weighted by molar-refractivity contribution is -0.119. The highest BCUT2D eigenvalue weighted by Gasteiger charge is 2.15. The molecule has 0 aliphatic carbocycles. The number of likely N-dealkylation sites (N-methyl/N-ethyl adjacent to an activating group) is 1. The number of ether oxygens (including phenoxy) is 3. The fourth-order valence-electron chi connectivity index (χ4n) is 3.18. The minimum atomic E-state index is -0.0568. The number of carbonyl (C=O) groups excluding carboxylic acids is 1. The number of nitrogens with zero attached hydrogens (tertiary/aromatic N) is 1. The molecule has 0 fully saturated rings. The van der Waals surface area contributed by atoms with Crippen molar-refractivity contribution < 1.29 is 19.0 Å². The maximum atomic E-state index is 12.6. The molecule has 0 aliphatic heterocycles. The molecule has 6 heteroatoms. The number of carbonyl (C=O) groups is 1. The monoisotopic (exact) mass is 386 g/mol. The Bertz CT molecular complexity index is 820. The first-order valence-corrected chi connectivity index (χ1v) is 9.31. The first kappa shape index (κ1) is 21.4. The summed E-state index contributed by atoms with van der Waals surface area (Å²) in [7, 11) is 4.74. The van der Waals surface area contributed by atoms with Gasteiger partial charge in [-0.1, -0.05) is 17.7 Å². The molecule has 1 N–H and O–H groups in total. The third kappa shape index (κ3) is 5.09. The van der Waals surface area contributed by atoms with Gasteiger partial charge in [-0.25, -0.2) is 0 Å². The van der Waals surface area contributed by atoms with Crippen LogP contribution in [0, 0.1) is 13.8 Å². The van der Waals surface area contributed by atoms with Crippen LogP contribution in [-0.2, 0) is 11.3 Å². The van der Waals surface area contributed by atoms with E-state index in [1.807, 2.05) is 13.0 Å². The number of nitrogens with one attached hydrogen (secondary N) is 1. The van der Waals surface area contributed by atoms with Crippen LogP contribution in [0.25, 0.3) is 0 Å². The lowest BCUT2D eigenvalue weighted by atomic mass is 10.1. The van der Waals surface area contributed by atoms with Crippen LogP contribution in [0.4, 0.5) is 5.69 Å². The van der Waals surface area contributed by atoms with Crippen LogP contribution in [0.3, 0.4) is 0 Å². The Morgan fingerprint density at radius 3 is 2.18 bits per heavy atom. The zero-order valence-electron chi connectivity index (χ0n) is 17.6. The zero-order valence-corrected chi connectivity index (χ0v) is 17.6. The molecule has 0 heterocycles. The van der Waals surface area contributed by atoms with Gasteiger partial charge in [0.25, 0.3) is 0 Å². The van der Waals surface area contributed by atoms with Gasteiger partial charge >= 0.3 is 0 Å². The van der Waals surface area contributed by atoms with Gasteiger partial charge in [0.1, 0.15) is 5.75 Å². The average Bonchev–Trinajstić information content (AvgIpc) is 2.70. The van der Waals surface area contributed by atoms with Gasteiger partial charge in [-0.05, 0) is 38.5 Å². The van der Waals surface area contributed by atoms with Crippen LogP contribution in [0.1, 0.15) is 23.6 Å². The molecule has 28 heavy (non-hydrogen) atoms. The number of methoxy groups -OCH3 is 3. The zero-order chi connectivity index (χ0) is 20.7. The predicted octanol–water partition coefficient (Wildman–Crippen LogP) is 3.47. The van der Waals surface area contributed by atoms with Crippen LogP contribution in [0.2, 0.25) is 0 Å². The molecule has 2 aromatic rings. The van der Waals surface area contributed by atoms with Crippen molar-refractivity contribution in [2.24, 2.45) is 0 Å². The fraction of sp³-hybridized carbons (Fsp3) is 0.409. The molecule has 0 bridgehead atoms. The molecule has 0 atom stereocenters. The van der Waals surface area contributed by atoms with Gasteiger partial charge in [-0.2, -0.15) is 0 Å². The molecule has 0 aliphatic rings. The third-order valence-electron chi connectivity index (χ3n) is 4.67. The lowest BCUT2D eigenvalue weighted by Gasteiger charge is -2.24. The summed E-state index contributed by atoms with van der Waals surface area (Å²) in [6, 6.07) is 9.84. The Hall–Kier alpha value is -2.89. The summed E-state index contributed by atoms with van der Waals surface area (Å²) in [6.45, 7) is 7.55. The van der Waals surface area contributed by atoms with Crippen molar-refractivity contribution in [2.45, 2.75) is 27.3 Å². The van der Waals surface area contributed by atoms with Crippen molar-refractivity contribution in [3.63, 3.8) is 0 Å². The van der Waals surface area contributed by atoms with Crippen molar-refractivity contribution in [1.82, 2.24) is 5.32 Å². The highest BCUT2D eigenvalue weighted by Crippen LogP contribution is 2.34. The average molecular weight is 386 g/mol. The second-order valence-electron chi connectivity index (χ2n) is 6.60. The van der Waals surface area contributed by atoms with Crippen LogP contribution in [0.5, 0.6) is 17.2 Å². The van der Waals surface area contributed by atoms with Crippen LogP contribution < -0.4 is 24.4 Å². The minimum absolute atomic E-state index is 0.0568. The summed E-state index contributed by atoms with van der Waals surface area (Å²) in [5.74, 6) is 1.76. The predicted molar refractivity (Wildman–Crippen MR) is 112 cm³/mol. The largest absolute Gasteiger partial charge is 0.496 e. The Morgan fingerprint density at radius 1 is 0.964 bits per heavy atom. The SMILES string of the molecule is CCN(CC(=O)NCc1cc(OC)c(OC)cc1OC)c1ccc(C)cc1C. The standard InChI is InChI=1S/C22H30N2O4/c1-7-24(18-9-8-15(2)10-16(18)3)14-22(25)23-13-17-11-20(27-5)21(28-6)12-19(17)26-4/h8-12H,7,13-14H2,1-6H3,(H,23,25). The molecule has 2 aromatic carbocycles. The van der Waals surface area contributed by atoms with Crippen LogP contribution >= 0.6 is 0 Å². The van der Waals surface area contributed by atoms with E-state index in [1.165, 1.54) is 5.56 Å². The number of amides is 1. The molecule has 6 nitrogen and oxygen atoms in total. The number of aryl methyl sites for hydroxylation is 2. The van der Waals surface area contributed by atoms with E-state index in [0.717, 1.165) is 23.4 Å². The maximum absolute atomic E-state index is 12.6. The van der Waals surface area contributed by atoms with E-state index < -0.39 is 0 Å². The summed E-state index contributed by atoms with van der Waals surface area (Å²) in [4.78, 5) is 14.6. The van der Waals surface area contributed by atoms with Crippen molar-refractivity contribution in [1.29, 1.82) is 0 Å². The summed E-state index contributed by atoms with van der Waals surface area (Å²) in [5, 5.41) is 2.97. The number of rotatable bonds is 9. The molecule has 0 saturated carbocycles. The molecular formula is C22H30N2O4. The molecule has 0 unspecified atom stereocenters. The van der Waals surface area contributed by atoms with Crippen molar-refractivity contribution >= 4 is 11.6 Å². The van der Waals surface area contributed by atoms with E-state index in [-0.39, 0.29) is 12.5 Å². The van der Waals surface area contributed by atoms with Gasteiger partial charge in [0.15, 0.2) is 11.5 Å². The first-order valence-electron chi connectivity index (χ1n) is 9.31. The molecule has 0 saturated heterocycles. The molecular weight excluding hydrogens is 356 g/mol. The quantitative estimate of drug-likeness (QED) is 0.715. The van der Waals surface area contributed by atoms with E-state index in [2.05, 4.69) is 42.3 Å². The molecule has 0 aromatic heterocycles. The third-order valence-corrected chi connectivity index (χ3v) is 4.67. The fourth-order valence-corrected chi connectivity index (χ4v) is 3.18. The number of hydrogen-bond acceptors (Lipinski definition) is 5. The lowest BCUT2D eigenvalue weighted by Crippen LogP contribution is -2.37. The smallest absolute Gasteiger partial charge is 0.239 e. The highest BCUT2D eigenvalue weighted by atomic mass is 16.5. The second kappa shape index (κ2) is 9.88. The van der Waals surface area contributed by atoms with E-state index in [9.17, 15) is 4.79 Å². The van der Waals surface area contributed by atoms with E-state index >= 15 is 0 Å². The summed E-state index contributed by atoms with van der Waals surface area (Å²) >= 11 is 0. The van der Waals surface area contributed by atoms with Crippen molar-refractivity contribution in [3.05, 3.63) is 47.0 Å². The maximum Gasteiger partial charge on any atom is 0.239 e. The molecule has 152 valence electrons. The van der Waals surface area contributed by atoms with E-state index in [1.54, 1.807) is 27.4 Å². The Labute approximate surface area is 167 Å². The molecule has 1 amide bonds. The summed E-state index contributed by atoms with van der Waals surface area (Å²) < 4.78 is 16.1. The topological polar surface area (TPSA) is 60.0 Å². The Morgan fingerprint density at radius 2 is 1.61 bits per heavy atom. The van der Waals surface area contributed by atoms with Crippen molar-refractivity contribution in [3.8, 4) is 17.2 Å². The summed E-state index contributed by atoms with van der Waals surface area (Å²) in [6.07, 6.45) is 0. The first-order chi connectivity index (χ1) is 13.4. The van der Waals surface area contributed by atoms with Crippen molar-refractivity contribution in [2.75, 3.05) is 39.3 Å². The minimum Gasteiger partial charge on any atom is -0.496 e. The van der Waals surface area contributed by atoms with Gasteiger partial charge in [0.2, 0.25) is 5.91 Å². The number of hydrogen-bond donors (Lipinski definition) is 1. The summed E-state index contributed by atoms with van der Waals surface area (Å²) in [5.41, 5.74) is 4.27. The normalized spacial score (nSPS) is 10.4. The van der Waals surface area contributed by atoms with Crippen LogP contribution in [-0.4, -0.2) is 40.3 Å². The van der Waals surface area contributed by atoms with E-state index in [4.69, 9.17) is 14.2 Å². The van der Waals surface area contributed by atoms with E-state index in [0.29, 0.717) is 23.8 Å².